The molecule has 46 valence electrons. The van der Waals surface area contributed by atoms with Gasteiger partial charge in [0.15, 0.2) is 0 Å². The van der Waals surface area contributed by atoms with E-state index in [-0.39, 0.29) is 12.0 Å². The first-order chi connectivity index (χ1) is 3.66. The van der Waals surface area contributed by atoms with Crippen LogP contribution in [0.2, 0.25) is 0 Å². The van der Waals surface area contributed by atoms with Crippen LogP contribution in [0.4, 0.5) is 0 Å². The molecule has 1 nitrogen and oxygen atoms in total. The lowest BCUT2D eigenvalue weighted by Gasteiger charge is -2.04. The summed E-state index contributed by atoms with van der Waals surface area (Å²) in [5.74, 6) is 2.74. The van der Waals surface area contributed by atoms with Gasteiger partial charge in [-0.1, -0.05) is 6.92 Å². The summed E-state index contributed by atoms with van der Waals surface area (Å²) in [6, 6.07) is 0. The van der Waals surface area contributed by atoms with Crippen molar-refractivity contribution in [3.05, 3.63) is 0 Å². The van der Waals surface area contributed by atoms with Crippen LogP contribution in [-0.4, -0.2) is 11.2 Å². The highest BCUT2D eigenvalue weighted by molar-refractivity contribution is 4.90. The molecular formula is C7H12O. The molecule has 0 aromatic carbocycles. The summed E-state index contributed by atoms with van der Waals surface area (Å²) >= 11 is 0. The summed E-state index contributed by atoms with van der Waals surface area (Å²) in [5.41, 5.74) is 0. The maximum atomic E-state index is 8.76. The molecule has 0 saturated heterocycles. The Hall–Kier alpha value is -0.480. The quantitative estimate of drug-likeness (QED) is 0.529. The van der Waals surface area contributed by atoms with Gasteiger partial charge in [0.1, 0.15) is 0 Å². The highest BCUT2D eigenvalue weighted by atomic mass is 16.3. The Bertz CT molecular complexity index is 89.1. The van der Waals surface area contributed by atoms with Crippen molar-refractivity contribution in [1.29, 1.82) is 0 Å². The SMILES string of the molecule is C#CC(C)CC(C)O. The molecule has 0 aliphatic rings. The highest BCUT2D eigenvalue weighted by Crippen LogP contribution is 2.02. The summed E-state index contributed by atoms with van der Waals surface area (Å²) in [6.45, 7) is 3.67. The van der Waals surface area contributed by atoms with Gasteiger partial charge in [-0.05, 0) is 13.3 Å². The van der Waals surface area contributed by atoms with Crippen molar-refractivity contribution in [2.45, 2.75) is 26.4 Å². The minimum Gasteiger partial charge on any atom is -0.393 e. The molecule has 1 heteroatoms. The molecule has 0 heterocycles. The third-order valence-electron chi connectivity index (χ3n) is 0.979. The molecule has 8 heavy (non-hydrogen) atoms. The van der Waals surface area contributed by atoms with Crippen molar-refractivity contribution in [3.63, 3.8) is 0 Å². The molecule has 0 bridgehead atoms. The van der Waals surface area contributed by atoms with Crippen LogP contribution >= 0.6 is 0 Å². The fourth-order valence-corrected chi connectivity index (χ4v) is 0.580. The number of aliphatic hydroxyl groups is 1. The Morgan fingerprint density at radius 2 is 2.12 bits per heavy atom. The smallest absolute Gasteiger partial charge is 0.0523 e. The van der Waals surface area contributed by atoms with Crippen molar-refractivity contribution in [3.8, 4) is 12.3 Å². The zero-order valence-electron chi connectivity index (χ0n) is 5.39. The average Bonchev–Trinajstić information content (AvgIpc) is 1.65. The maximum Gasteiger partial charge on any atom is 0.0523 e. The largest absolute Gasteiger partial charge is 0.393 e. The van der Waals surface area contributed by atoms with Crippen molar-refractivity contribution in [1.82, 2.24) is 0 Å². The van der Waals surface area contributed by atoms with Crippen LogP contribution in [0.25, 0.3) is 0 Å². The van der Waals surface area contributed by atoms with Gasteiger partial charge in [-0.3, -0.25) is 0 Å². The van der Waals surface area contributed by atoms with E-state index in [1.807, 2.05) is 6.92 Å². The molecule has 0 aromatic rings. The topological polar surface area (TPSA) is 20.2 Å². The molecule has 0 spiro atoms. The van der Waals surface area contributed by atoms with Crippen LogP contribution < -0.4 is 0 Å². The zero-order valence-corrected chi connectivity index (χ0v) is 5.39. The van der Waals surface area contributed by atoms with E-state index in [2.05, 4.69) is 5.92 Å². The van der Waals surface area contributed by atoms with Gasteiger partial charge < -0.3 is 5.11 Å². The van der Waals surface area contributed by atoms with Crippen molar-refractivity contribution in [2.75, 3.05) is 0 Å². The number of aliphatic hydroxyl groups excluding tert-OH is 1. The normalized spacial score (nSPS) is 16.8. The van der Waals surface area contributed by atoms with Crippen LogP contribution in [0.15, 0.2) is 0 Å². The minimum atomic E-state index is -0.263. The van der Waals surface area contributed by atoms with Crippen molar-refractivity contribution >= 4 is 0 Å². The lowest BCUT2D eigenvalue weighted by Crippen LogP contribution is -2.04. The molecule has 0 fully saturated rings. The predicted molar refractivity (Wildman–Crippen MR) is 34.3 cm³/mol. The molecular weight excluding hydrogens is 100 g/mol. The van der Waals surface area contributed by atoms with Gasteiger partial charge in [0, 0.05) is 5.92 Å². The maximum absolute atomic E-state index is 8.76. The monoisotopic (exact) mass is 112 g/mol. The van der Waals surface area contributed by atoms with Crippen LogP contribution in [0.1, 0.15) is 20.3 Å². The Kier molecular flexibility index (Phi) is 3.30. The number of hydrogen-bond donors (Lipinski definition) is 1. The van der Waals surface area contributed by atoms with Gasteiger partial charge in [0.05, 0.1) is 6.10 Å². The third kappa shape index (κ3) is 3.70. The summed E-state index contributed by atoms with van der Waals surface area (Å²) in [7, 11) is 0. The van der Waals surface area contributed by atoms with Crippen LogP contribution in [0, 0.1) is 18.3 Å². The highest BCUT2D eigenvalue weighted by Gasteiger charge is 2.00. The first-order valence-corrected chi connectivity index (χ1v) is 2.81. The van der Waals surface area contributed by atoms with Gasteiger partial charge in [-0.15, -0.1) is 12.3 Å². The fourth-order valence-electron chi connectivity index (χ4n) is 0.580. The second-order valence-corrected chi connectivity index (χ2v) is 2.15. The lowest BCUT2D eigenvalue weighted by atomic mass is 10.1. The van der Waals surface area contributed by atoms with E-state index in [4.69, 9.17) is 11.5 Å². The summed E-state index contributed by atoms with van der Waals surface area (Å²) < 4.78 is 0. The predicted octanol–water partition coefficient (Wildman–Crippen LogP) is 1.03. The Morgan fingerprint density at radius 1 is 1.62 bits per heavy atom. The van der Waals surface area contributed by atoms with Gasteiger partial charge in [-0.2, -0.15) is 0 Å². The lowest BCUT2D eigenvalue weighted by molar-refractivity contribution is 0.174. The van der Waals surface area contributed by atoms with Crippen LogP contribution in [0.3, 0.4) is 0 Å². The third-order valence-corrected chi connectivity index (χ3v) is 0.979. The molecule has 2 atom stereocenters. The van der Waals surface area contributed by atoms with Crippen molar-refractivity contribution < 1.29 is 5.11 Å². The second-order valence-electron chi connectivity index (χ2n) is 2.15. The van der Waals surface area contributed by atoms with E-state index in [9.17, 15) is 0 Å². The molecule has 0 aromatic heterocycles. The Morgan fingerprint density at radius 3 is 2.25 bits per heavy atom. The number of rotatable bonds is 2. The molecule has 0 aliphatic carbocycles. The molecule has 0 aliphatic heterocycles. The summed E-state index contributed by atoms with van der Waals surface area (Å²) in [5, 5.41) is 8.76. The number of terminal acetylenes is 1. The van der Waals surface area contributed by atoms with Gasteiger partial charge >= 0.3 is 0 Å². The van der Waals surface area contributed by atoms with E-state index in [1.54, 1.807) is 6.92 Å². The van der Waals surface area contributed by atoms with Gasteiger partial charge in [0.25, 0.3) is 0 Å². The van der Waals surface area contributed by atoms with E-state index in [0.717, 1.165) is 0 Å². The molecule has 0 radical (unpaired) electrons. The van der Waals surface area contributed by atoms with Crippen LogP contribution in [0.5, 0.6) is 0 Å². The first kappa shape index (κ1) is 7.52. The van der Waals surface area contributed by atoms with E-state index >= 15 is 0 Å². The van der Waals surface area contributed by atoms with Gasteiger partial charge in [-0.25, -0.2) is 0 Å². The average molecular weight is 112 g/mol. The zero-order chi connectivity index (χ0) is 6.57. The molecule has 0 saturated carbocycles. The van der Waals surface area contributed by atoms with E-state index < -0.39 is 0 Å². The fraction of sp³-hybridized carbons (Fsp3) is 0.714. The molecule has 0 amide bonds. The molecule has 1 N–H and O–H groups in total. The number of hydrogen-bond acceptors (Lipinski definition) is 1. The minimum absolute atomic E-state index is 0.204. The van der Waals surface area contributed by atoms with Crippen molar-refractivity contribution in [2.24, 2.45) is 5.92 Å². The van der Waals surface area contributed by atoms with E-state index in [0.29, 0.717) is 6.42 Å². The molecule has 0 rings (SSSR count). The van der Waals surface area contributed by atoms with Gasteiger partial charge in [0.2, 0.25) is 0 Å². The molecule has 2 unspecified atom stereocenters. The summed E-state index contributed by atoms with van der Waals surface area (Å²) in [4.78, 5) is 0. The second kappa shape index (κ2) is 3.51. The Labute approximate surface area is 50.7 Å². The van der Waals surface area contributed by atoms with E-state index in [1.165, 1.54) is 0 Å². The summed E-state index contributed by atoms with van der Waals surface area (Å²) in [6.07, 6.45) is 5.50. The standard InChI is InChI=1S/C7H12O/c1-4-6(2)5-7(3)8/h1,6-8H,5H2,2-3H3. The van der Waals surface area contributed by atoms with Crippen LogP contribution in [-0.2, 0) is 0 Å². The first-order valence-electron chi connectivity index (χ1n) is 2.81. The Balaban J connectivity index is 3.28.